The highest BCUT2D eigenvalue weighted by atomic mass is 35.5. The second kappa shape index (κ2) is 7.80. The lowest BCUT2D eigenvalue weighted by Gasteiger charge is -2.61. The molecule has 0 amide bonds. The van der Waals surface area contributed by atoms with E-state index in [-0.39, 0.29) is 11.3 Å². The van der Waals surface area contributed by atoms with Crippen molar-refractivity contribution in [3.05, 3.63) is 29.4 Å². The zero-order valence-electron chi connectivity index (χ0n) is 20.9. The van der Waals surface area contributed by atoms with Gasteiger partial charge in [0.2, 0.25) is 0 Å². The molecule has 184 valence electrons. The Morgan fingerprint density at radius 2 is 1.85 bits per heavy atom. The Morgan fingerprint density at radius 3 is 2.68 bits per heavy atom. The molecule has 0 aliphatic heterocycles. The van der Waals surface area contributed by atoms with Gasteiger partial charge < -0.3 is 5.11 Å². The molecule has 4 fully saturated rings. The fraction of sp³-hybridized carbons (Fsp3) is 0.724. The van der Waals surface area contributed by atoms with Crippen molar-refractivity contribution < 1.29 is 9.90 Å². The lowest BCUT2D eigenvalue weighted by atomic mass is 9.44. The maximum Gasteiger partial charge on any atom is 0.157 e. The number of rotatable bonds is 3. The van der Waals surface area contributed by atoms with E-state index in [0.29, 0.717) is 34.6 Å². The molecule has 1 N–H and O–H groups in total. The van der Waals surface area contributed by atoms with Gasteiger partial charge in [-0.25, -0.2) is 0 Å². The smallest absolute Gasteiger partial charge is 0.157 e. The molecule has 0 bridgehead atoms. The first-order valence-electron chi connectivity index (χ1n) is 13.5. The van der Waals surface area contributed by atoms with Crippen LogP contribution in [0.5, 0.6) is 0 Å². The fourth-order valence-electron chi connectivity index (χ4n) is 9.36. The van der Waals surface area contributed by atoms with Crippen LogP contribution in [0.4, 0.5) is 0 Å². The van der Waals surface area contributed by atoms with Crippen LogP contribution in [0.2, 0.25) is 5.02 Å². The summed E-state index contributed by atoms with van der Waals surface area (Å²) in [6.45, 7) is 7.38. The van der Waals surface area contributed by atoms with E-state index >= 15 is 0 Å². The molecule has 34 heavy (non-hydrogen) atoms. The summed E-state index contributed by atoms with van der Waals surface area (Å²) >= 11 is 6.14. The third-order valence-corrected chi connectivity index (χ3v) is 11.4. The topological polar surface area (TPSA) is 55.1 Å². The largest absolute Gasteiger partial charge is 0.390 e. The van der Waals surface area contributed by atoms with Crippen LogP contribution in [-0.4, -0.2) is 26.3 Å². The normalized spacial score (nSPS) is 43.9. The van der Waals surface area contributed by atoms with Gasteiger partial charge in [0.15, 0.2) is 5.78 Å². The van der Waals surface area contributed by atoms with Crippen LogP contribution in [0, 0.1) is 40.4 Å². The predicted octanol–water partition coefficient (Wildman–Crippen LogP) is 6.67. The molecule has 0 radical (unpaired) electrons. The predicted molar refractivity (Wildman–Crippen MR) is 136 cm³/mol. The summed E-state index contributed by atoms with van der Waals surface area (Å²) < 4.78 is 1.83. The van der Waals surface area contributed by atoms with Crippen molar-refractivity contribution in [2.75, 3.05) is 0 Å². The van der Waals surface area contributed by atoms with Crippen molar-refractivity contribution in [1.82, 2.24) is 9.78 Å². The summed E-state index contributed by atoms with van der Waals surface area (Å²) in [6, 6.07) is 5.70. The molecule has 4 nitrogen and oxygen atoms in total. The van der Waals surface area contributed by atoms with Crippen molar-refractivity contribution in [3.8, 4) is 0 Å². The molecule has 8 atom stereocenters. The molecule has 1 heterocycles. The van der Waals surface area contributed by atoms with E-state index < -0.39 is 5.60 Å². The zero-order valence-corrected chi connectivity index (χ0v) is 21.7. The minimum Gasteiger partial charge on any atom is -0.390 e. The molecule has 4 unspecified atom stereocenters. The molecule has 4 aliphatic rings. The fourth-order valence-corrected chi connectivity index (χ4v) is 9.54. The van der Waals surface area contributed by atoms with Crippen LogP contribution >= 0.6 is 11.6 Å². The Bertz CT molecular complexity index is 1120. The Morgan fingerprint density at radius 1 is 1.06 bits per heavy atom. The van der Waals surface area contributed by atoms with Crippen molar-refractivity contribution in [3.63, 3.8) is 0 Å². The summed E-state index contributed by atoms with van der Waals surface area (Å²) in [4.78, 5) is 13.6. The summed E-state index contributed by atoms with van der Waals surface area (Å²) in [5.41, 5.74) is 0.903. The number of nitrogens with zero attached hydrogens (tertiary/aromatic N) is 2. The number of ketones is 1. The highest BCUT2D eigenvalue weighted by Crippen LogP contribution is 2.68. The lowest BCUT2D eigenvalue weighted by molar-refractivity contribution is -0.151. The molecular weight excluding hydrogens is 444 g/mol. The number of Topliss-reactive ketones (excluding diaryl/α,β-unsaturated/α-hetero) is 1. The van der Waals surface area contributed by atoms with Crippen LogP contribution in [0.1, 0.15) is 78.6 Å². The van der Waals surface area contributed by atoms with Crippen molar-refractivity contribution in [2.24, 2.45) is 40.4 Å². The van der Waals surface area contributed by atoms with E-state index in [1.54, 1.807) is 0 Å². The van der Waals surface area contributed by atoms with Crippen LogP contribution in [0.15, 0.2) is 24.4 Å². The maximum absolute atomic E-state index is 13.6. The van der Waals surface area contributed by atoms with Gasteiger partial charge >= 0.3 is 0 Å². The highest BCUT2D eigenvalue weighted by molar-refractivity contribution is 6.31. The van der Waals surface area contributed by atoms with E-state index in [4.69, 9.17) is 11.6 Å². The molecule has 1 aromatic carbocycles. The number of carbonyl (C=O) groups excluding carboxylic acids is 1. The van der Waals surface area contributed by atoms with Gasteiger partial charge in [0.05, 0.1) is 17.7 Å². The first kappa shape index (κ1) is 23.0. The number of halogens is 1. The van der Waals surface area contributed by atoms with Crippen molar-refractivity contribution in [1.29, 1.82) is 0 Å². The minimum absolute atomic E-state index is 0.123. The van der Waals surface area contributed by atoms with E-state index in [2.05, 4.69) is 18.9 Å². The standard InChI is InChI=1S/C29H39ClN2O2/c1-27(34)12-13-28(2)19(15-27)4-6-21-22-7-8-24(29(22,3)11-10-23(21)28)26(33)17-32-16-18-14-20(30)5-9-25(18)31-32/h5,9,14,16,19,21-24,34H,4,6-8,10-13,15,17H2,1-3H3/t19?,21-,22?,23?,24?,27+,28-,29-/m0/s1. The second-order valence-electron chi connectivity index (χ2n) is 13.0. The van der Waals surface area contributed by atoms with Crippen molar-refractivity contribution >= 4 is 28.3 Å². The Kier molecular flexibility index (Phi) is 5.29. The van der Waals surface area contributed by atoms with E-state index in [1.807, 2.05) is 36.0 Å². The number of hydrogen-bond acceptors (Lipinski definition) is 3. The number of hydrogen-bond donors (Lipinski definition) is 1. The van der Waals surface area contributed by atoms with Gasteiger partial charge in [0, 0.05) is 22.5 Å². The van der Waals surface area contributed by atoms with Gasteiger partial charge in [-0.3, -0.25) is 9.48 Å². The van der Waals surface area contributed by atoms with E-state index in [1.165, 1.54) is 32.1 Å². The average molecular weight is 483 g/mol. The number of fused-ring (bicyclic) bond motifs is 6. The molecular formula is C29H39ClN2O2. The van der Waals surface area contributed by atoms with Gasteiger partial charge in [-0.15, -0.1) is 0 Å². The molecule has 6 rings (SSSR count). The third kappa shape index (κ3) is 3.50. The van der Waals surface area contributed by atoms with Crippen LogP contribution < -0.4 is 0 Å². The first-order chi connectivity index (χ1) is 16.1. The van der Waals surface area contributed by atoms with Gasteiger partial charge in [-0.1, -0.05) is 25.4 Å². The number of carbonyl (C=O) groups is 1. The van der Waals surface area contributed by atoms with Crippen LogP contribution in [0.25, 0.3) is 10.9 Å². The molecule has 0 spiro atoms. The first-order valence-corrected chi connectivity index (χ1v) is 13.8. The Hall–Kier alpha value is -1.39. The maximum atomic E-state index is 13.6. The molecule has 4 aliphatic carbocycles. The second-order valence-corrected chi connectivity index (χ2v) is 13.5. The minimum atomic E-state index is -0.478. The molecule has 1 aromatic heterocycles. The summed E-state index contributed by atoms with van der Waals surface area (Å²) in [5, 5.41) is 17.1. The molecule has 2 aromatic rings. The lowest BCUT2D eigenvalue weighted by Crippen LogP contribution is -2.55. The van der Waals surface area contributed by atoms with Gasteiger partial charge in [-0.2, -0.15) is 5.10 Å². The average Bonchev–Trinajstić information content (AvgIpc) is 3.33. The SMILES string of the molecule is C[C@@]1(O)CC[C@@]2(C)C(CC[C@@H]3C2CC[C@]2(C)C(C(=O)Cn4cc5cc(Cl)ccc5n4)CCC32)C1. The number of aliphatic hydroxyl groups is 1. The molecule has 5 heteroatoms. The molecule has 4 saturated carbocycles. The quantitative estimate of drug-likeness (QED) is 0.531. The van der Waals surface area contributed by atoms with E-state index in [9.17, 15) is 9.90 Å². The summed E-state index contributed by atoms with van der Waals surface area (Å²) in [5.74, 6) is 3.33. The monoisotopic (exact) mass is 482 g/mol. The van der Waals surface area contributed by atoms with Gasteiger partial charge in [-0.05, 0) is 117 Å². The number of aromatic nitrogens is 2. The highest BCUT2D eigenvalue weighted by Gasteiger charge is 2.61. The summed E-state index contributed by atoms with van der Waals surface area (Å²) in [6.07, 6.45) is 12.2. The van der Waals surface area contributed by atoms with Crippen molar-refractivity contribution in [2.45, 2.75) is 90.7 Å². The Balaban J connectivity index is 1.20. The van der Waals surface area contributed by atoms with Gasteiger partial charge in [0.25, 0.3) is 0 Å². The van der Waals surface area contributed by atoms with Crippen LogP contribution in [0.3, 0.4) is 0 Å². The van der Waals surface area contributed by atoms with Gasteiger partial charge in [0.1, 0.15) is 0 Å². The summed E-state index contributed by atoms with van der Waals surface area (Å²) in [7, 11) is 0. The van der Waals surface area contributed by atoms with E-state index in [0.717, 1.165) is 48.4 Å². The zero-order chi connectivity index (χ0) is 23.9. The van der Waals surface area contributed by atoms with Crippen LogP contribution in [-0.2, 0) is 11.3 Å². The Labute approximate surface area is 208 Å². The number of benzene rings is 1. The molecule has 0 saturated heterocycles. The third-order valence-electron chi connectivity index (χ3n) is 11.2.